The zero-order valence-corrected chi connectivity index (χ0v) is 18.1. The number of benzene rings is 2. The molecule has 0 atom stereocenters. The molecule has 2 N–H and O–H groups in total. The summed E-state index contributed by atoms with van der Waals surface area (Å²) in [6.45, 7) is 5.36. The first kappa shape index (κ1) is 22.5. The van der Waals surface area contributed by atoms with Gasteiger partial charge in [-0.05, 0) is 66.8 Å². The predicted octanol–water partition coefficient (Wildman–Crippen LogP) is 2.72. The Morgan fingerprint density at radius 1 is 1.06 bits per heavy atom. The highest BCUT2D eigenvalue weighted by atomic mass is 32.2. The Hall–Kier alpha value is -4.15. The van der Waals surface area contributed by atoms with Crippen molar-refractivity contribution in [2.75, 3.05) is 4.72 Å². The van der Waals surface area contributed by atoms with E-state index in [4.69, 9.17) is 5.11 Å². The number of aromatic nitrogens is 1. The number of nitrogens with one attached hydrogen (secondary N) is 1. The number of anilines is 1. The second kappa shape index (κ2) is 9.77. The van der Waals surface area contributed by atoms with Gasteiger partial charge in [0.1, 0.15) is 0 Å². The maximum atomic E-state index is 12.8. The van der Waals surface area contributed by atoms with Gasteiger partial charge in [-0.25, -0.2) is 13.2 Å². The monoisotopic (exact) mass is 444 g/mol. The predicted molar refractivity (Wildman–Crippen MR) is 126 cm³/mol. The van der Waals surface area contributed by atoms with Crippen LogP contribution in [0, 0.1) is 11.8 Å². The topological polar surface area (TPSA) is 96.4 Å². The Labute approximate surface area is 186 Å². The number of nitrogens with zero attached hydrogens (tertiary/aromatic N) is 1. The van der Waals surface area contributed by atoms with Gasteiger partial charge in [-0.3, -0.25) is 9.71 Å². The fourth-order valence-electron chi connectivity index (χ4n) is 2.63. The van der Waals surface area contributed by atoms with Crippen LogP contribution in [0.4, 0.5) is 5.69 Å². The van der Waals surface area contributed by atoms with Crippen molar-refractivity contribution >= 4 is 34.3 Å². The first-order valence-electron chi connectivity index (χ1n) is 9.52. The first-order valence-corrected chi connectivity index (χ1v) is 11.0. The van der Waals surface area contributed by atoms with Gasteiger partial charge in [0.25, 0.3) is 10.0 Å². The number of carbonyl (C=O) groups is 1. The molecule has 0 unspecified atom stereocenters. The Morgan fingerprint density at radius 3 is 2.47 bits per heavy atom. The molecule has 160 valence electrons. The fraction of sp³-hybridized carbons (Fsp3) is 0.0400. The van der Waals surface area contributed by atoms with Gasteiger partial charge in [-0.15, -0.1) is 0 Å². The van der Waals surface area contributed by atoms with E-state index < -0.39 is 16.0 Å². The molecule has 0 saturated heterocycles. The van der Waals surface area contributed by atoms with Gasteiger partial charge in [0.15, 0.2) is 0 Å². The van der Waals surface area contributed by atoms with Gasteiger partial charge in [0, 0.05) is 17.3 Å². The fourth-order valence-corrected chi connectivity index (χ4v) is 3.50. The third-order valence-electron chi connectivity index (χ3n) is 4.47. The standard InChI is InChI=1S/C25H20N2O4S/c1-18-6-5-17-26-23(18)16-9-19(2)32(30,31)27-24-8-4-3-7-21(24)13-10-20-11-14-22(15-12-20)25(28)29/h3-9,11-12,14-17,27H,1H2,2H3,(H,28,29)/b19-9+,23-16+. The number of carboxylic acids is 1. The molecule has 0 amide bonds. The zero-order chi connectivity index (χ0) is 23.1. The van der Waals surface area contributed by atoms with Crippen molar-refractivity contribution in [1.29, 1.82) is 0 Å². The third kappa shape index (κ3) is 5.72. The molecule has 0 aliphatic rings. The molecule has 3 aromatic rings. The van der Waals surface area contributed by atoms with Crippen LogP contribution in [-0.2, 0) is 10.0 Å². The van der Waals surface area contributed by atoms with E-state index in [0.717, 1.165) is 0 Å². The van der Waals surface area contributed by atoms with Crippen LogP contribution in [0.25, 0.3) is 12.7 Å². The molecule has 1 heterocycles. The number of pyridine rings is 1. The molecule has 0 aliphatic heterocycles. The average Bonchev–Trinajstić information content (AvgIpc) is 2.77. The van der Waals surface area contributed by atoms with E-state index in [1.807, 2.05) is 0 Å². The number of para-hydroxylation sites is 1. The van der Waals surface area contributed by atoms with Crippen LogP contribution in [0.5, 0.6) is 0 Å². The van der Waals surface area contributed by atoms with Gasteiger partial charge in [0.2, 0.25) is 0 Å². The second-order valence-electron chi connectivity index (χ2n) is 6.78. The molecule has 6 nitrogen and oxygen atoms in total. The highest BCUT2D eigenvalue weighted by Crippen LogP contribution is 2.18. The smallest absolute Gasteiger partial charge is 0.335 e. The molecular weight excluding hydrogens is 424 g/mol. The molecule has 7 heteroatoms. The van der Waals surface area contributed by atoms with Crippen LogP contribution in [-0.4, -0.2) is 24.5 Å². The van der Waals surface area contributed by atoms with Crippen LogP contribution >= 0.6 is 0 Å². The van der Waals surface area contributed by atoms with E-state index in [9.17, 15) is 13.2 Å². The van der Waals surface area contributed by atoms with Gasteiger partial charge < -0.3 is 5.11 Å². The SMILES string of the molecule is C=c1cccn/c1=C/C=C(\C)S(=O)(=O)Nc1ccccc1C#Cc1ccc(C(=O)O)cc1. The minimum Gasteiger partial charge on any atom is -0.478 e. The molecular formula is C25H20N2O4S. The first-order chi connectivity index (χ1) is 15.3. The van der Waals surface area contributed by atoms with Crippen molar-refractivity contribution in [1.82, 2.24) is 4.98 Å². The molecule has 0 spiro atoms. The maximum Gasteiger partial charge on any atom is 0.335 e. The Kier molecular flexibility index (Phi) is 6.88. The van der Waals surface area contributed by atoms with Crippen molar-refractivity contribution in [2.24, 2.45) is 0 Å². The van der Waals surface area contributed by atoms with Crippen molar-refractivity contribution < 1.29 is 18.3 Å². The van der Waals surface area contributed by atoms with Crippen LogP contribution in [0.1, 0.15) is 28.4 Å². The van der Waals surface area contributed by atoms with Gasteiger partial charge in [0.05, 0.1) is 21.5 Å². The maximum absolute atomic E-state index is 12.8. The highest BCUT2D eigenvalue weighted by molar-refractivity contribution is 7.96. The number of aromatic carboxylic acids is 1. The Morgan fingerprint density at radius 2 is 1.78 bits per heavy atom. The average molecular weight is 445 g/mol. The largest absolute Gasteiger partial charge is 0.478 e. The molecule has 3 rings (SSSR count). The zero-order valence-electron chi connectivity index (χ0n) is 17.2. The quantitative estimate of drug-likeness (QED) is 0.590. The summed E-state index contributed by atoms with van der Waals surface area (Å²) in [4.78, 5) is 15.2. The van der Waals surface area contributed by atoms with Crippen molar-refractivity contribution in [3.8, 4) is 11.8 Å². The molecule has 0 aliphatic carbocycles. The van der Waals surface area contributed by atoms with E-state index >= 15 is 0 Å². The van der Waals surface area contributed by atoms with Crippen molar-refractivity contribution in [3.63, 3.8) is 0 Å². The minimum atomic E-state index is -3.82. The molecule has 32 heavy (non-hydrogen) atoms. The van der Waals surface area contributed by atoms with E-state index in [2.05, 4.69) is 28.1 Å². The summed E-state index contributed by atoms with van der Waals surface area (Å²) >= 11 is 0. The van der Waals surface area contributed by atoms with Crippen LogP contribution in [0.2, 0.25) is 0 Å². The van der Waals surface area contributed by atoms with Crippen LogP contribution in [0.3, 0.4) is 0 Å². The lowest BCUT2D eigenvalue weighted by atomic mass is 10.1. The number of sulfonamides is 1. The van der Waals surface area contributed by atoms with Gasteiger partial charge in [-0.1, -0.05) is 36.6 Å². The minimum absolute atomic E-state index is 0.106. The van der Waals surface area contributed by atoms with E-state index in [1.165, 1.54) is 25.1 Å². The van der Waals surface area contributed by atoms with E-state index in [1.54, 1.807) is 60.8 Å². The summed E-state index contributed by atoms with van der Waals surface area (Å²) in [6, 6.07) is 16.5. The Balaban J connectivity index is 1.86. The normalized spacial score (nSPS) is 12.0. The molecule has 0 radical (unpaired) electrons. The molecule has 1 aromatic heterocycles. The number of hydrogen-bond donors (Lipinski definition) is 2. The molecule has 0 bridgehead atoms. The number of allylic oxidation sites excluding steroid dienone is 2. The second-order valence-corrected chi connectivity index (χ2v) is 8.63. The lowest BCUT2D eigenvalue weighted by molar-refractivity contribution is 0.0697. The third-order valence-corrected chi connectivity index (χ3v) is 5.94. The summed E-state index contributed by atoms with van der Waals surface area (Å²) < 4.78 is 28.2. The summed E-state index contributed by atoms with van der Waals surface area (Å²) in [6.07, 6.45) is 4.68. The summed E-state index contributed by atoms with van der Waals surface area (Å²) in [7, 11) is -3.82. The lowest BCUT2D eigenvalue weighted by Crippen LogP contribution is -2.25. The summed E-state index contributed by atoms with van der Waals surface area (Å²) in [5.41, 5.74) is 1.60. The van der Waals surface area contributed by atoms with Gasteiger partial charge >= 0.3 is 5.97 Å². The van der Waals surface area contributed by atoms with E-state index in [0.29, 0.717) is 27.4 Å². The van der Waals surface area contributed by atoms with Crippen LogP contribution in [0.15, 0.2) is 77.8 Å². The molecule has 2 aromatic carbocycles. The Bertz CT molecular complexity index is 1460. The number of hydrogen-bond acceptors (Lipinski definition) is 4. The lowest BCUT2D eigenvalue weighted by Gasteiger charge is -2.09. The highest BCUT2D eigenvalue weighted by Gasteiger charge is 2.14. The number of rotatable bonds is 5. The van der Waals surface area contributed by atoms with Crippen molar-refractivity contribution in [3.05, 3.63) is 105 Å². The summed E-state index contributed by atoms with van der Waals surface area (Å²) in [5.74, 6) is 4.84. The van der Waals surface area contributed by atoms with Crippen LogP contribution < -0.4 is 15.3 Å². The summed E-state index contributed by atoms with van der Waals surface area (Å²) in [5, 5.41) is 10.3. The van der Waals surface area contributed by atoms with E-state index in [-0.39, 0.29) is 10.5 Å². The molecule has 0 saturated carbocycles. The molecule has 0 fully saturated rings. The van der Waals surface area contributed by atoms with Crippen molar-refractivity contribution in [2.45, 2.75) is 6.92 Å². The van der Waals surface area contributed by atoms with Gasteiger partial charge in [-0.2, -0.15) is 0 Å². The number of carboxylic acid groups (broad SMARTS) is 1.